The molecular formula is C14H30O. The lowest BCUT2D eigenvalue weighted by atomic mass is 9.99. The highest BCUT2D eigenvalue weighted by atomic mass is 16.3. The number of hydrogen-bond donors (Lipinski definition) is 1. The van der Waals surface area contributed by atoms with Crippen LogP contribution in [-0.4, -0.2) is 10.7 Å². The van der Waals surface area contributed by atoms with Gasteiger partial charge in [-0.25, -0.2) is 0 Å². The van der Waals surface area contributed by atoms with Crippen LogP contribution in [-0.2, 0) is 0 Å². The first-order valence-corrected chi connectivity index (χ1v) is 6.64. The van der Waals surface area contributed by atoms with Gasteiger partial charge in [0, 0.05) is 0 Å². The minimum Gasteiger partial charge on any atom is -0.390 e. The first-order chi connectivity index (χ1) is 6.92. The van der Waals surface area contributed by atoms with Gasteiger partial charge in [-0.15, -0.1) is 0 Å². The summed E-state index contributed by atoms with van der Waals surface area (Å²) >= 11 is 0. The molecule has 0 aromatic carbocycles. The second-order valence-corrected chi connectivity index (χ2v) is 5.87. The van der Waals surface area contributed by atoms with Crippen molar-refractivity contribution in [1.29, 1.82) is 0 Å². The van der Waals surface area contributed by atoms with E-state index in [9.17, 15) is 5.11 Å². The van der Waals surface area contributed by atoms with E-state index in [-0.39, 0.29) is 0 Å². The zero-order valence-electron chi connectivity index (χ0n) is 11.2. The van der Waals surface area contributed by atoms with Crippen molar-refractivity contribution < 1.29 is 5.11 Å². The smallest absolute Gasteiger partial charge is 0.0591 e. The van der Waals surface area contributed by atoms with E-state index in [0.29, 0.717) is 0 Å². The highest BCUT2D eigenvalue weighted by Crippen LogP contribution is 2.15. The molecule has 0 bridgehead atoms. The monoisotopic (exact) mass is 214 g/mol. The number of hydrogen-bond acceptors (Lipinski definition) is 1. The molecule has 0 unspecified atom stereocenters. The van der Waals surface area contributed by atoms with Gasteiger partial charge in [-0.1, -0.05) is 58.8 Å². The molecule has 0 amide bonds. The van der Waals surface area contributed by atoms with E-state index in [1.54, 1.807) is 0 Å². The molecule has 92 valence electrons. The number of aliphatic hydroxyl groups is 1. The third-order valence-electron chi connectivity index (χ3n) is 2.82. The lowest BCUT2D eigenvalue weighted by molar-refractivity contribution is 0.0680. The molecule has 0 atom stereocenters. The quantitative estimate of drug-likeness (QED) is 0.559. The standard InChI is InChI=1S/C14H30O/c1-13(2)11-9-7-5-6-8-10-12-14(3,4)15/h13,15H,5-12H2,1-4H3. The van der Waals surface area contributed by atoms with E-state index in [2.05, 4.69) is 13.8 Å². The molecule has 0 spiro atoms. The topological polar surface area (TPSA) is 20.2 Å². The maximum Gasteiger partial charge on any atom is 0.0591 e. The third-order valence-corrected chi connectivity index (χ3v) is 2.82. The zero-order valence-corrected chi connectivity index (χ0v) is 11.2. The van der Waals surface area contributed by atoms with Crippen molar-refractivity contribution >= 4 is 0 Å². The Morgan fingerprint density at radius 2 is 1.33 bits per heavy atom. The molecule has 0 aliphatic rings. The lowest BCUT2D eigenvalue weighted by Gasteiger charge is -2.16. The first-order valence-electron chi connectivity index (χ1n) is 6.64. The van der Waals surface area contributed by atoms with E-state index in [4.69, 9.17) is 0 Å². The van der Waals surface area contributed by atoms with Crippen molar-refractivity contribution in [3.63, 3.8) is 0 Å². The van der Waals surface area contributed by atoms with Gasteiger partial charge in [0.2, 0.25) is 0 Å². The van der Waals surface area contributed by atoms with Gasteiger partial charge in [-0.2, -0.15) is 0 Å². The van der Waals surface area contributed by atoms with Crippen LogP contribution in [0.3, 0.4) is 0 Å². The zero-order chi connectivity index (χ0) is 11.7. The molecule has 0 aliphatic carbocycles. The summed E-state index contributed by atoms with van der Waals surface area (Å²) in [5.74, 6) is 0.861. The molecule has 15 heavy (non-hydrogen) atoms. The molecule has 0 rings (SSSR count). The van der Waals surface area contributed by atoms with E-state index in [0.717, 1.165) is 12.3 Å². The Labute approximate surface area is 96.3 Å². The summed E-state index contributed by atoms with van der Waals surface area (Å²) < 4.78 is 0. The highest BCUT2D eigenvalue weighted by Gasteiger charge is 2.10. The molecular weight excluding hydrogens is 184 g/mol. The third kappa shape index (κ3) is 14.0. The average Bonchev–Trinajstić information content (AvgIpc) is 2.07. The summed E-state index contributed by atoms with van der Waals surface area (Å²) in [5, 5.41) is 9.52. The van der Waals surface area contributed by atoms with E-state index >= 15 is 0 Å². The van der Waals surface area contributed by atoms with Crippen LogP contribution in [0.2, 0.25) is 0 Å². The van der Waals surface area contributed by atoms with Crippen LogP contribution in [0.4, 0.5) is 0 Å². The molecule has 0 aromatic rings. The molecule has 0 fully saturated rings. The number of rotatable bonds is 9. The molecule has 0 radical (unpaired) electrons. The maximum absolute atomic E-state index is 9.52. The Bertz CT molecular complexity index is 133. The van der Waals surface area contributed by atoms with Crippen LogP contribution in [0.5, 0.6) is 0 Å². The predicted molar refractivity (Wildman–Crippen MR) is 68.1 cm³/mol. The maximum atomic E-state index is 9.52. The van der Waals surface area contributed by atoms with Gasteiger partial charge >= 0.3 is 0 Å². The van der Waals surface area contributed by atoms with Crippen LogP contribution in [0.15, 0.2) is 0 Å². The van der Waals surface area contributed by atoms with Crippen molar-refractivity contribution in [3.05, 3.63) is 0 Å². The summed E-state index contributed by atoms with van der Waals surface area (Å²) in [6.07, 6.45) is 10.3. The second-order valence-electron chi connectivity index (χ2n) is 5.87. The molecule has 0 heterocycles. The molecule has 0 aromatic heterocycles. The minimum atomic E-state index is -0.461. The Morgan fingerprint density at radius 1 is 0.867 bits per heavy atom. The molecule has 0 saturated heterocycles. The molecule has 1 heteroatoms. The normalized spacial score (nSPS) is 12.4. The fourth-order valence-electron chi connectivity index (χ4n) is 1.82. The van der Waals surface area contributed by atoms with E-state index in [1.807, 2.05) is 13.8 Å². The van der Waals surface area contributed by atoms with Gasteiger partial charge in [0.25, 0.3) is 0 Å². The summed E-state index contributed by atoms with van der Waals surface area (Å²) in [6.45, 7) is 8.39. The average molecular weight is 214 g/mol. The molecule has 1 nitrogen and oxygen atoms in total. The SMILES string of the molecule is CC(C)CCCCCCCCC(C)(C)O. The Kier molecular flexibility index (Phi) is 8.13. The fraction of sp³-hybridized carbons (Fsp3) is 1.00. The van der Waals surface area contributed by atoms with Gasteiger partial charge in [0.1, 0.15) is 0 Å². The Hall–Kier alpha value is -0.0400. The van der Waals surface area contributed by atoms with Crippen LogP contribution in [0, 0.1) is 5.92 Å². The summed E-state index contributed by atoms with van der Waals surface area (Å²) in [6, 6.07) is 0. The Morgan fingerprint density at radius 3 is 1.80 bits per heavy atom. The van der Waals surface area contributed by atoms with Crippen LogP contribution in [0.1, 0.15) is 79.1 Å². The van der Waals surface area contributed by atoms with Gasteiger partial charge in [0.15, 0.2) is 0 Å². The van der Waals surface area contributed by atoms with E-state index in [1.165, 1.54) is 44.9 Å². The largest absolute Gasteiger partial charge is 0.390 e. The molecule has 0 aliphatic heterocycles. The summed E-state index contributed by atoms with van der Waals surface area (Å²) in [4.78, 5) is 0. The van der Waals surface area contributed by atoms with Crippen molar-refractivity contribution in [1.82, 2.24) is 0 Å². The highest BCUT2D eigenvalue weighted by molar-refractivity contribution is 4.64. The lowest BCUT2D eigenvalue weighted by Crippen LogP contribution is -2.17. The van der Waals surface area contributed by atoms with Crippen molar-refractivity contribution in [3.8, 4) is 0 Å². The fourth-order valence-corrected chi connectivity index (χ4v) is 1.82. The second kappa shape index (κ2) is 8.15. The summed E-state index contributed by atoms with van der Waals surface area (Å²) in [7, 11) is 0. The van der Waals surface area contributed by atoms with Crippen LogP contribution < -0.4 is 0 Å². The van der Waals surface area contributed by atoms with Crippen LogP contribution >= 0.6 is 0 Å². The van der Waals surface area contributed by atoms with Gasteiger partial charge in [-0.05, 0) is 26.2 Å². The predicted octanol–water partition coefficient (Wildman–Crippen LogP) is 4.53. The first kappa shape index (κ1) is 15.0. The van der Waals surface area contributed by atoms with E-state index < -0.39 is 5.60 Å². The van der Waals surface area contributed by atoms with Gasteiger partial charge in [-0.3, -0.25) is 0 Å². The van der Waals surface area contributed by atoms with Gasteiger partial charge in [0.05, 0.1) is 5.60 Å². The number of unbranched alkanes of at least 4 members (excludes halogenated alkanes) is 5. The molecule has 0 saturated carbocycles. The van der Waals surface area contributed by atoms with Gasteiger partial charge < -0.3 is 5.11 Å². The van der Waals surface area contributed by atoms with Crippen molar-refractivity contribution in [2.24, 2.45) is 5.92 Å². The Balaban J connectivity index is 3.06. The van der Waals surface area contributed by atoms with Crippen molar-refractivity contribution in [2.75, 3.05) is 0 Å². The van der Waals surface area contributed by atoms with Crippen LogP contribution in [0.25, 0.3) is 0 Å². The minimum absolute atomic E-state index is 0.461. The van der Waals surface area contributed by atoms with Crippen molar-refractivity contribution in [2.45, 2.75) is 84.7 Å². The summed E-state index contributed by atoms with van der Waals surface area (Å²) in [5.41, 5.74) is -0.461. The molecule has 1 N–H and O–H groups in total.